The molecule has 5 aromatic rings. The van der Waals surface area contributed by atoms with Crippen LogP contribution in [0.4, 0.5) is 5.69 Å². The fraction of sp³-hybridized carbons (Fsp3) is 0.143. The number of nitro groups is 1. The predicted octanol–water partition coefficient (Wildman–Crippen LogP) is 6.41. The Morgan fingerprint density at radius 3 is 2.49 bits per heavy atom. The van der Waals surface area contributed by atoms with Crippen LogP contribution >= 0.6 is 23.5 Å². The highest BCUT2D eigenvalue weighted by Crippen LogP contribution is 2.36. The van der Waals surface area contributed by atoms with Gasteiger partial charge in [0.25, 0.3) is 5.69 Å². The lowest BCUT2D eigenvalue weighted by Gasteiger charge is -2.11. The molecule has 1 heterocycles. The van der Waals surface area contributed by atoms with Gasteiger partial charge in [0.05, 0.1) is 15.6 Å². The lowest BCUT2D eigenvalue weighted by atomic mass is 10.1. The number of nitro benzene ring substituents is 1. The maximum Gasteiger partial charge on any atom is 0.283 e. The highest BCUT2D eigenvalue weighted by molar-refractivity contribution is 7.99. The maximum atomic E-state index is 11.8. The molecule has 0 saturated heterocycles. The molecule has 4 aromatic carbocycles. The van der Waals surface area contributed by atoms with Gasteiger partial charge >= 0.3 is 0 Å². The van der Waals surface area contributed by atoms with Gasteiger partial charge in [-0.1, -0.05) is 66.7 Å². The molecule has 9 heteroatoms. The number of para-hydroxylation sites is 1. The Morgan fingerprint density at radius 1 is 0.892 bits per heavy atom. The van der Waals surface area contributed by atoms with Gasteiger partial charge < -0.3 is 5.73 Å². The summed E-state index contributed by atoms with van der Waals surface area (Å²) in [5.41, 5.74) is 8.72. The summed E-state index contributed by atoms with van der Waals surface area (Å²) in [5.74, 6) is 2.27. The van der Waals surface area contributed by atoms with Crippen molar-refractivity contribution in [3.8, 4) is 5.69 Å². The van der Waals surface area contributed by atoms with E-state index in [1.165, 1.54) is 28.1 Å². The van der Waals surface area contributed by atoms with Gasteiger partial charge in [-0.3, -0.25) is 14.7 Å². The van der Waals surface area contributed by atoms with Gasteiger partial charge in [0.1, 0.15) is 5.82 Å². The van der Waals surface area contributed by atoms with Crippen molar-refractivity contribution in [1.29, 1.82) is 0 Å². The van der Waals surface area contributed by atoms with Gasteiger partial charge in [0, 0.05) is 17.5 Å². The second-order valence-corrected chi connectivity index (χ2v) is 10.4. The third kappa shape index (κ3) is 5.69. The molecule has 186 valence electrons. The first-order valence-corrected chi connectivity index (χ1v) is 13.8. The van der Waals surface area contributed by atoms with Gasteiger partial charge in [-0.2, -0.15) is 0 Å². The Kier molecular flexibility index (Phi) is 7.84. The largest absolute Gasteiger partial charge is 0.330 e. The van der Waals surface area contributed by atoms with Crippen molar-refractivity contribution >= 4 is 40.0 Å². The number of thioether (sulfide) groups is 1. The first-order chi connectivity index (χ1) is 18.1. The van der Waals surface area contributed by atoms with Crippen molar-refractivity contribution in [2.45, 2.75) is 28.0 Å². The minimum absolute atomic E-state index is 0.0467. The van der Waals surface area contributed by atoms with Crippen LogP contribution in [-0.2, 0) is 17.9 Å². The average molecular weight is 528 g/mol. The molecule has 0 aliphatic heterocycles. The van der Waals surface area contributed by atoms with E-state index < -0.39 is 0 Å². The van der Waals surface area contributed by atoms with E-state index in [0.717, 1.165) is 22.8 Å². The van der Waals surface area contributed by atoms with Crippen LogP contribution in [0.25, 0.3) is 16.5 Å². The van der Waals surface area contributed by atoms with Crippen molar-refractivity contribution in [1.82, 2.24) is 14.8 Å². The number of aromatic nitrogens is 3. The summed E-state index contributed by atoms with van der Waals surface area (Å²) >= 11 is 3.02. The van der Waals surface area contributed by atoms with Crippen LogP contribution in [0.5, 0.6) is 0 Å². The van der Waals surface area contributed by atoms with E-state index in [2.05, 4.69) is 52.7 Å². The summed E-state index contributed by atoms with van der Waals surface area (Å²) < 4.78 is 1.98. The highest BCUT2D eigenvalue weighted by atomic mass is 32.2. The SMILES string of the molecule is NCCc1ccc(Sc2nnc(CSCc3cccc4ccccc34)n2-c2ccccc2)c([N+](=O)[O-])c1. The smallest absolute Gasteiger partial charge is 0.283 e. The van der Waals surface area contributed by atoms with E-state index in [0.29, 0.717) is 28.8 Å². The highest BCUT2D eigenvalue weighted by Gasteiger charge is 2.21. The Hall–Kier alpha value is -3.66. The topological polar surface area (TPSA) is 99.9 Å². The first kappa shape index (κ1) is 25.0. The van der Waals surface area contributed by atoms with Crippen LogP contribution < -0.4 is 5.73 Å². The Labute approximate surface area is 223 Å². The molecule has 2 N–H and O–H groups in total. The Bertz CT molecular complexity index is 1530. The summed E-state index contributed by atoms with van der Waals surface area (Å²) in [6.07, 6.45) is 0.587. The predicted molar refractivity (Wildman–Crippen MR) is 150 cm³/mol. The summed E-state index contributed by atoms with van der Waals surface area (Å²) in [6.45, 7) is 0.436. The normalized spacial score (nSPS) is 11.2. The maximum absolute atomic E-state index is 11.8. The lowest BCUT2D eigenvalue weighted by Crippen LogP contribution is -2.04. The van der Waals surface area contributed by atoms with Crippen molar-refractivity contribution in [3.05, 3.63) is 118 Å². The van der Waals surface area contributed by atoms with E-state index in [1.807, 2.05) is 41.0 Å². The number of nitrogens with two attached hydrogens (primary N) is 1. The molecular weight excluding hydrogens is 502 g/mol. The summed E-state index contributed by atoms with van der Waals surface area (Å²) in [4.78, 5) is 12.0. The molecule has 0 aliphatic carbocycles. The summed E-state index contributed by atoms with van der Waals surface area (Å²) in [7, 11) is 0. The zero-order chi connectivity index (χ0) is 25.6. The molecule has 7 nitrogen and oxygen atoms in total. The van der Waals surface area contributed by atoms with Crippen molar-refractivity contribution < 1.29 is 4.92 Å². The Morgan fingerprint density at radius 2 is 1.68 bits per heavy atom. The molecule has 0 bridgehead atoms. The first-order valence-electron chi connectivity index (χ1n) is 11.8. The molecule has 0 unspecified atom stereocenters. The third-order valence-electron chi connectivity index (χ3n) is 5.94. The van der Waals surface area contributed by atoms with Crippen LogP contribution in [0.15, 0.2) is 101 Å². The van der Waals surface area contributed by atoms with Gasteiger partial charge in [-0.25, -0.2) is 0 Å². The zero-order valence-electron chi connectivity index (χ0n) is 20.0. The van der Waals surface area contributed by atoms with Crippen LogP contribution in [-0.4, -0.2) is 26.2 Å². The molecule has 5 rings (SSSR count). The second-order valence-electron chi connectivity index (χ2n) is 8.40. The number of benzene rings is 4. The summed E-state index contributed by atoms with van der Waals surface area (Å²) in [6, 6.07) is 29.9. The van der Waals surface area contributed by atoms with Crippen molar-refractivity contribution in [2.75, 3.05) is 6.54 Å². The standard InChI is InChI=1S/C28H25N5O2S2/c29-16-15-20-13-14-26(25(17-20)33(34)35)37-28-31-30-27(32(28)23-10-2-1-3-11-23)19-36-18-22-9-6-8-21-7-4-5-12-24(21)22/h1-14,17H,15-16,18-19,29H2. The number of hydrogen-bond acceptors (Lipinski definition) is 7. The van der Waals surface area contributed by atoms with E-state index in [-0.39, 0.29) is 10.6 Å². The van der Waals surface area contributed by atoms with Gasteiger partial charge in [-0.15, -0.1) is 22.0 Å². The second kappa shape index (κ2) is 11.6. The lowest BCUT2D eigenvalue weighted by molar-refractivity contribution is -0.387. The molecule has 0 aliphatic rings. The monoisotopic (exact) mass is 527 g/mol. The molecule has 0 fully saturated rings. The minimum atomic E-state index is -0.355. The summed E-state index contributed by atoms with van der Waals surface area (Å²) in [5, 5.41) is 23.8. The molecule has 0 saturated carbocycles. The zero-order valence-corrected chi connectivity index (χ0v) is 21.6. The molecular formula is C28H25N5O2S2. The van der Waals surface area contributed by atoms with Gasteiger partial charge in [-0.05, 0) is 64.8 Å². The molecule has 0 radical (unpaired) electrons. The fourth-order valence-electron chi connectivity index (χ4n) is 4.18. The third-order valence-corrected chi connectivity index (χ3v) is 7.93. The van der Waals surface area contributed by atoms with Crippen LogP contribution in [0.3, 0.4) is 0 Å². The molecule has 37 heavy (non-hydrogen) atoms. The van der Waals surface area contributed by atoms with E-state index in [4.69, 9.17) is 5.73 Å². The van der Waals surface area contributed by atoms with E-state index >= 15 is 0 Å². The fourth-order valence-corrected chi connectivity index (χ4v) is 6.08. The molecule has 0 amide bonds. The van der Waals surface area contributed by atoms with Gasteiger partial charge in [0.2, 0.25) is 5.16 Å². The number of fused-ring (bicyclic) bond motifs is 1. The molecule has 0 spiro atoms. The van der Waals surface area contributed by atoms with Crippen molar-refractivity contribution in [2.24, 2.45) is 5.73 Å². The number of nitrogens with zero attached hydrogens (tertiary/aromatic N) is 4. The molecule has 0 atom stereocenters. The quantitative estimate of drug-likeness (QED) is 0.165. The van der Waals surface area contributed by atoms with Crippen LogP contribution in [0.1, 0.15) is 17.0 Å². The van der Waals surface area contributed by atoms with Crippen molar-refractivity contribution in [3.63, 3.8) is 0 Å². The van der Waals surface area contributed by atoms with Gasteiger partial charge in [0.15, 0.2) is 0 Å². The van der Waals surface area contributed by atoms with E-state index in [1.54, 1.807) is 23.9 Å². The van der Waals surface area contributed by atoms with Crippen LogP contribution in [0, 0.1) is 10.1 Å². The van der Waals surface area contributed by atoms with Crippen LogP contribution in [0.2, 0.25) is 0 Å². The van der Waals surface area contributed by atoms with E-state index in [9.17, 15) is 10.1 Å². The minimum Gasteiger partial charge on any atom is -0.330 e. The Balaban J connectivity index is 1.43. The number of rotatable bonds is 10. The average Bonchev–Trinajstić information content (AvgIpc) is 3.32. The molecule has 1 aromatic heterocycles. The number of hydrogen-bond donors (Lipinski definition) is 1.